The predicted molar refractivity (Wildman–Crippen MR) is 124 cm³/mol. The first-order valence-electron chi connectivity index (χ1n) is 11.5. The SMILES string of the molecule is N#Cc1ccc(O[C@H]2CC[C@H](NC(=O)c3cnc(N4CC5CNCC5C4)cn3)CC2)cc1Cl. The van der Waals surface area contributed by atoms with E-state index in [0.717, 1.165) is 57.7 Å². The maximum atomic E-state index is 12.7. The Morgan fingerprint density at radius 1 is 1.15 bits per heavy atom. The lowest BCUT2D eigenvalue weighted by molar-refractivity contribution is 0.0888. The standard InChI is InChI=1S/C24H27ClN6O2/c25-21-7-20(4-1-15(21)8-26)33-19-5-2-18(3-6-19)30-24(32)22-11-29-23(12-28-22)31-13-16-9-27-10-17(16)14-31/h1,4,7,11-12,16-19,27H,2-3,5-6,9-10,13-14H2,(H,30,32)/t16?,17?,18-,19-. The van der Waals surface area contributed by atoms with Crippen molar-refractivity contribution >= 4 is 23.3 Å². The van der Waals surface area contributed by atoms with Crippen LogP contribution in [0, 0.1) is 23.2 Å². The van der Waals surface area contributed by atoms with Crippen molar-refractivity contribution in [1.29, 1.82) is 5.26 Å². The second-order valence-electron chi connectivity index (χ2n) is 9.16. The van der Waals surface area contributed by atoms with Gasteiger partial charge in [-0.25, -0.2) is 9.97 Å². The van der Waals surface area contributed by atoms with E-state index in [-0.39, 0.29) is 18.1 Å². The Morgan fingerprint density at radius 2 is 1.91 bits per heavy atom. The van der Waals surface area contributed by atoms with E-state index < -0.39 is 0 Å². The first kappa shape index (κ1) is 21.9. The molecule has 2 N–H and O–H groups in total. The average molecular weight is 467 g/mol. The molecule has 0 spiro atoms. The fourth-order valence-electron chi connectivity index (χ4n) is 5.08. The Morgan fingerprint density at radius 3 is 2.55 bits per heavy atom. The lowest BCUT2D eigenvalue weighted by Gasteiger charge is -2.29. The molecule has 5 rings (SSSR count). The molecule has 2 aromatic rings. The van der Waals surface area contributed by atoms with E-state index in [1.54, 1.807) is 30.6 Å². The van der Waals surface area contributed by atoms with Gasteiger partial charge in [0, 0.05) is 38.3 Å². The van der Waals surface area contributed by atoms with Crippen molar-refractivity contribution in [3.05, 3.63) is 46.9 Å². The van der Waals surface area contributed by atoms with Gasteiger partial charge in [-0.2, -0.15) is 5.26 Å². The summed E-state index contributed by atoms with van der Waals surface area (Å²) in [7, 11) is 0. The first-order valence-corrected chi connectivity index (χ1v) is 11.9. The van der Waals surface area contributed by atoms with Crippen LogP contribution in [0.4, 0.5) is 5.82 Å². The summed E-state index contributed by atoms with van der Waals surface area (Å²) in [5.74, 6) is 2.70. The Hall–Kier alpha value is -2.89. The molecule has 8 nitrogen and oxygen atoms in total. The largest absolute Gasteiger partial charge is 0.490 e. The van der Waals surface area contributed by atoms with Crippen molar-refractivity contribution < 1.29 is 9.53 Å². The highest BCUT2D eigenvalue weighted by molar-refractivity contribution is 6.31. The number of aromatic nitrogens is 2. The fraction of sp³-hybridized carbons (Fsp3) is 0.500. The smallest absolute Gasteiger partial charge is 0.271 e. The van der Waals surface area contributed by atoms with E-state index in [4.69, 9.17) is 21.6 Å². The summed E-state index contributed by atoms with van der Waals surface area (Å²) in [5, 5.41) is 15.9. The van der Waals surface area contributed by atoms with E-state index in [9.17, 15) is 4.79 Å². The number of carbonyl (C=O) groups is 1. The second-order valence-corrected chi connectivity index (χ2v) is 9.57. The number of rotatable bonds is 5. The molecule has 1 amide bonds. The van der Waals surface area contributed by atoms with Crippen LogP contribution < -0.4 is 20.3 Å². The van der Waals surface area contributed by atoms with Gasteiger partial charge in [0.1, 0.15) is 23.3 Å². The number of halogens is 1. The van der Waals surface area contributed by atoms with Crippen LogP contribution in [0.15, 0.2) is 30.6 Å². The van der Waals surface area contributed by atoms with Crippen LogP contribution >= 0.6 is 11.6 Å². The highest BCUT2D eigenvalue weighted by Gasteiger charge is 2.36. The third-order valence-electron chi connectivity index (χ3n) is 6.96. The molecule has 3 aliphatic rings. The molecule has 9 heteroatoms. The molecule has 2 aliphatic heterocycles. The van der Waals surface area contributed by atoms with E-state index in [2.05, 4.69) is 25.5 Å². The van der Waals surface area contributed by atoms with Crippen LogP contribution in [0.25, 0.3) is 0 Å². The van der Waals surface area contributed by atoms with Crippen LogP contribution in [-0.2, 0) is 0 Å². The molecule has 33 heavy (non-hydrogen) atoms. The number of anilines is 1. The van der Waals surface area contributed by atoms with Gasteiger partial charge in [0.2, 0.25) is 0 Å². The quantitative estimate of drug-likeness (QED) is 0.698. The van der Waals surface area contributed by atoms with Crippen molar-refractivity contribution in [2.45, 2.75) is 37.8 Å². The molecule has 2 atom stereocenters. The summed E-state index contributed by atoms with van der Waals surface area (Å²) in [5.41, 5.74) is 0.789. The van der Waals surface area contributed by atoms with Crippen LogP contribution in [0.3, 0.4) is 0 Å². The summed E-state index contributed by atoms with van der Waals surface area (Å²) >= 11 is 6.09. The third kappa shape index (κ3) is 4.90. The average Bonchev–Trinajstić information content (AvgIpc) is 3.43. The maximum Gasteiger partial charge on any atom is 0.271 e. The summed E-state index contributed by atoms with van der Waals surface area (Å²) in [6.07, 6.45) is 6.69. The normalized spacial score (nSPS) is 26.5. The monoisotopic (exact) mass is 466 g/mol. The van der Waals surface area contributed by atoms with Gasteiger partial charge in [0.25, 0.3) is 5.91 Å². The Bertz CT molecular complexity index is 1040. The number of nitriles is 1. The van der Waals surface area contributed by atoms with Gasteiger partial charge in [-0.1, -0.05) is 11.6 Å². The van der Waals surface area contributed by atoms with Crippen LogP contribution in [-0.4, -0.2) is 54.2 Å². The molecule has 1 aromatic heterocycles. The van der Waals surface area contributed by atoms with Gasteiger partial charge < -0.3 is 20.3 Å². The molecule has 0 radical (unpaired) electrons. The first-order chi connectivity index (χ1) is 16.1. The molecule has 0 bridgehead atoms. The number of fused-ring (bicyclic) bond motifs is 1. The van der Waals surface area contributed by atoms with E-state index in [1.807, 2.05) is 6.07 Å². The van der Waals surface area contributed by atoms with Crippen LogP contribution in [0.2, 0.25) is 5.02 Å². The molecule has 1 saturated carbocycles. The van der Waals surface area contributed by atoms with Crippen LogP contribution in [0.5, 0.6) is 5.75 Å². The van der Waals surface area contributed by atoms with Gasteiger partial charge in [-0.15, -0.1) is 0 Å². The molecule has 172 valence electrons. The van der Waals surface area contributed by atoms with Gasteiger partial charge in [0.15, 0.2) is 0 Å². The number of hydrogen-bond donors (Lipinski definition) is 2. The number of nitrogens with zero attached hydrogens (tertiary/aromatic N) is 4. The Labute approximate surface area is 198 Å². The topological polar surface area (TPSA) is 103 Å². The molecule has 1 aromatic carbocycles. The lowest BCUT2D eigenvalue weighted by Crippen LogP contribution is -2.40. The molecule has 1 aliphatic carbocycles. The van der Waals surface area contributed by atoms with Crippen molar-refractivity contribution in [2.75, 3.05) is 31.1 Å². The van der Waals surface area contributed by atoms with Crippen molar-refractivity contribution in [1.82, 2.24) is 20.6 Å². The van der Waals surface area contributed by atoms with Gasteiger partial charge in [-0.3, -0.25) is 4.79 Å². The minimum Gasteiger partial charge on any atom is -0.490 e. The Balaban J connectivity index is 1.09. The number of amides is 1. The molecular weight excluding hydrogens is 440 g/mol. The van der Waals surface area contributed by atoms with Gasteiger partial charge in [0.05, 0.1) is 29.1 Å². The van der Waals surface area contributed by atoms with E-state index >= 15 is 0 Å². The fourth-order valence-corrected chi connectivity index (χ4v) is 5.29. The lowest BCUT2D eigenvalue weighted by atomic mass is 9.93. The Kier molecular flexibility index (Phi) is 6.34. The number of carbonyl (C=O) groups excluding carboxylic acids is 1. The third-order valence-corrected chi connectivity index (χ3v) is 7.27. The van der Waals surface area contributed by atoms with E-state index in [1.165, 1.54) is 0 Å². The highest BCUT2D eigenvalue weighted by atomic mass is 35.5. The zero-order valence-corrected chi connectivity index (χ0v) is 19.1. The van der Waals surface area contributed by atoms with Gasteiger partial charge in [-0.05, 0) is 49.7 Å². The summed E-state index contributed by atoms with van der Waals surface area (Å²) in [6, 6.07) is 7.26. The summed E-state index contributed by atoms with van der Waals surface area (Å²) < 4.78 is 6.03. The van der Waals surface area contributed by atoms with E-state index in [0.29, 0.717) is 33.9 Å². The maximum absolute atomic E-state index is 12.7. The number of nitrogens with one attached hydrogen (secondary N) is 2. The molecule has 3 fully saturated rings. The van der Waals surface area contributed by atoms with Crippen molar-refractivity contribution in [3.63, 3.8) is 0 Å². The minimum absolute atomic E-state index is 0.0661. The predicted octanol–water partition coefficient (Wildman–Crippen LogP) is 2.78. The second kappa shape index (κ2) is 9.54. The van der Waals surface area contributed by atoms with Crippen molar-refractivity contribution in [3.8, 4) is 11.8 Å². The molecule has 3 heterocycles. The summed E-state index contributed by atoms with van der Waals surface area (Å²) in [4.78, 5) is 23.8. The number of ether oxygens (including phenoxy) is 1. The minimum atomic E-state index is -0.181. The summed E-state index contributed by atoms with van der Waals surface area (Å²) in [6.45, 7) is 4.14. The van der Waals surface area contributed by atoms with Gasteiger partial charge >= 0.3 is 0 Å². The van der Waals surface area contributed by atoms with Crippen molar-refractivity contribution in [2.24, 2.45) is 11.8 Å². The molecule has 2 saturated heterocycles. The zero-order chi connectivity index (χ0) is 22.8. The highest BCUT2D eigenvalue weighted by Crippen LogP contribution is 2.29. The molecular formula is C24H27ClN6O2. The zero-order valence-electron chi connectivity index (χ0n) is 18.3. The number of benzene rings is 1. The molecule has 2 unspecified atom stereocenters. The number of hydrogen-bond acceptors (Lipinski definition) is 7. The van der Waals surface area contributed by atoms with Crippen LogP contribution in [0.1, 0.15) is 41.7 Å².